The Morgan fingerprint density at radius 3 is 2.94 bits per heavy atom. The van der Waals surface area contributed by atoms with Gasteiger partial charge in [-0.15, -0.1) is 5.10 Å². The number of benzene rings is 1. The Balaban J connectivity index is 2.31. The quantitative estimate of drug-likeness (QED) is 0.887. The third-order valence-electron chi connectivity index (χ3n) is 2.41. The fourth-order valence-electron chi connectivity index (χ4n) is 1.57. The first-order valence-corrected chi connectivity index (χ1v) is 5.41. The number of methoxy groups -OCH3 is 1. The van der Waals surface area contributed by atoms with Gasteiger partial charge < -0.3 is 10.1 Å². The number of para-hydroxylation sites is 1. The summed E-state index contributed by atoms with van der Waals surface area (Å²) < 4.78 is 5.12. The molecule has 0 aliphatic rings. The van der Waals surface area contributed by atoms with Crippen molar-refractivity contribution in [3.05, 3.63) is 47.7 Å². The number of hydrogen-bond acceptors (Lipinski definition) is 5. The highest BCUT2D eigenvalue weighted by atomic mass is 16.5. The van der Waals surface area contributed by atoms with Gasteiger partial charge in [0.15, 0.2) is 5.82 Å². The smallest absolute Gasteiger partial charge is 0.171 e. The van der Waals surface area contributed by atoms with E-state index in [9.17, 15) is 0 Å². The second kappa shape index (κ2) is 5.75. The van der Waals surface area contributed by atoms with Gasteiger partial charge in [-0.1, -0.05) is 18.2 Å². The Labute approximate surface area is 105 Å². The zero-order valence-electron chi connectivity index (χ0n) is 9.92. The zero-order chi connectivity index (χ0) is 12.8. The van der Waals surface area contributed by atoms with E-state index < -0.39 is 0 Å². The molecule has 0 aliphatic carbocycles. The average Bonchev–Trinajstić information content (AvgIpc) is 2.42. The third-order valence-corrected chi connectivity index (χ3v) is 2.41. The molecule has 0 atom stereocenters. The van der Waals surface area contributed by atoms with Crippen molar-refractivity contribution in [2.45, 2.75) is 6.61 Å². The van der Waals surface area contributed by atoms with E-state index in [4.69, 9.17) is 10.00 Å². The molecule has 0 radical (unpaired) electrons. The Hall–Kier alpha value is -2.45. The summed E-state index contributed by atoms with van der Waals surface area (Å²) in [7, 11) is 1.64. The number of hydrogen-bond donors (Lipinski definition) is 1. The lowest BCUT2D eigenvalue weighted by atomic mass is 10.2. The van der Waals surface area contributed by atoms with Gasteiger partial charge in [0.05, 0.1) is 18.4 Å². The van der Waals surface area contributed by atoms with Crippen LogP contribution in [0.25, 0.3) is 0 Å². The maximum absolute atomic E-state index is 8.99. The van der Waals surface area contributed by atoms with Crippen LogP contribution in [0, 0.1) is 11.3 Å². The van der Waals surface area contributed by atoms with Crippen molar-refractivity contribution < 1.29 is 4.74 Å². The molecule has 2 rings (SSSR count). The Morgan fingerprint density at radius 2 is 2.17 bits per heavy atom. The molecule has 5 nitrogen and oxygen atoms in total. The van der Waals surface area contributed by atoms with Crippen LogP contribution in [0.4, 0.5) is 11.5 Å². The molecule has 1 aromatic carbocycles. The number of ether oxygens (including phenoxy) is 1. The number of aromatic nitrogens is 2. The van der Waals surface area contributed by atoms with Gasteiger partial charge in [-0.25, -0.2) is 0 Å². The summed E-state index contributed by atoms with van der Waals surface area (Å²) in [4.78, 5) is 0. The van der Waals surface area contributed by atoms with Crippen LogP contribution in [-0.4, -0.2) is 17.3 Å². The van der Waals surface area contributed by atoms with Crippen molar-refractivity contribution in [2.24, 2.45) is 0 Å². The predicted molar refractivity (Wildman–Crippen MR) is 67.2 cm³/mol. The van der Waals surface area contributed by atoms with E-state index in [-0.39, 0.29) is 0 Å². The fourth-order valence-corrected chi connectivity index (χ4v) is 1.57. The van der Waals surface area contributed by atoms with Crippen LogP contribution in [0.15, 0.2) is 36.5 Å². The van der Waals surface area contributed by atoms with Gasteiger partial charge in [-0.05, 0) is 12.1 Å². The molecule has 0 aliphatic heterocycles. The maximum Gasteiger partial charge on any atom is 0.171 e. The van der Waals surface area contributed by atoms with Gasteiger partial charge in [0.2, 0.25) is 0 Å². The lowest BCUT2D eigenvalue weighted by Gasteiger charge is -2.10. The van der Waals surface area contributed by atoms with Crippen molar-refractivity contribution in [3.8, 4) is 6.07 Å². The molecule has 0 spiro atoms. The van der Waals surface area contributed by atoms with Crippen molar-refractivity contribution in [2.75, 3.05) is 12.4 Å². The summed E-state index contributed by atoms with van der Waals surface area (Å²) in [6, 6.07) is 11.4. The first-order chi connectivity index (χ1) is 8.85. The minimum Gasteiger partial charge on any atom is -0.380 e. The van der Waals surface area contributed by atoms with E-state index in [0.717, 1.165) is 11.3 Å². The minimum atomic E-state index is 0.448. The fraction of sp³-hybridized carbons (Fsp3) is 0.154. The molecule has 1 heterocycles. The van der Waals surface area contributed by atoms with E-state index in [1.807, 2.05) is 24.3 Å². The molecular formula is C13H12N4O. The molecule has 0 amide bonds. The normalized spacial score (nSPS) is 9.78. The van der Waals surface area contributed by atoms with Crippen LogP contribution in [-0.2, 0) is 11.3 Å². The maximum atomic E-state index is 8.99. The van der Waals surface area contributed by atoms with Crippen LogP contribution in [0.3, 0.4) is 0 Å². The highest BCUT2D eigenvalue weighted by Crippen LogP contribution is 2.21. The number of nitrogens with zero attached hydrogens (tertiary/aromatic N) is 3. The first-order valence-electron chi connectivity index (χ1n) is 5.41. The number of anilines is 2. The monoisotopic (exact) mass is 240 g/mol. The van der Waals surface area contributed by atoms with E-state index >= 15 is 0 Å². The number of rotatable bonds is 4. The highest BCUT2D eigenvalue weighted by Gasteiger charge is 2.06. The third kappa shape index (κ3) is 2.62. The summed E-state index contributed by atoms with van der Waals surface area (Å²) in [5, 5.41) is 19.8. The zero-order valence-corrected chi connectivity index (χ0v) is 9.92. The topological polar surface area (TPSA) is 70.8 Å². The predicted octanol–water partition coefficient (Wildman–Crippen LogP) is 2.24. The van der Waals surface area contributed by atoms with Crippen LogP contribution in [0.1, 0.15) is 11.1 Å². The van der Waals surface area contributed by atoms with Crippen molar-refractivity contribution in [1.82, 2.24) is 10.2 Å². The Morgan fingerprint density at radius 1 is 1.33 bits per heavy atom. The lowest BCUT2D eigenvalue weighted by molar-refractivity contribution is 0.185. The molecule has 5 heteroatoms. The van der Waals surface area contributed by atoms with Gasteiger partial charge in [0.1, 0.15) is 6.07 Å². The molecule has 1 N–H and O–H groups in total. The minimum absolute atomic E-state index is 0.448. The summed E-state index contributed by atoms with van der Waals surface area (Å²) >= 11 is 0. The molecule has 0 fully saturated rings. The SMILES string of the molecule is COCc1ccccc1Nc1nnccc1C#N. The molecule has 0 bridgehead atoms. The van der Waals surface area contributed by atoms with E-state index in [2.05, 4.69) is 21.6 Å². The van der Waals surface area contributed by atoms with Crippen LogP contribution >= 0.6 is 0 Å². The number of nitrogens with one attached hydrogen (secondary N) is 1. The Bertz CT molecular complexity index is 577. The molecular weight excluding hydrogens is 228 g/mol. The standard InChI is InChI=1S/C13H12N4O/c1-18-9-11-4-2-3-5-12(11)16-13-10(8-14)6-7-15-17-13/h2-7H,9H2,1H3,(H,16,17). The van der Waals surface area contributed by atoms with Gasteiger partial charge in [0.25, 0.3) is 0 Å². The molecule has 18 heavy (non-hydrogen) atoms. The van der Waals surface area contributed by atoms with Crippen molar-refractivity contribution in [3.63, 3.8) is 0 Å². The molecule has 1 aromatic heterocycles. The molecule has 0 saturated carbocycles. The highest BCUT2D eigenvalue weighted by molar-refractivity contribution is 5.64. The van der Waals surface area contributed by atoms with Crippen molar-refractivity contribution in [1.29, 1.82) is 5.26 Å². The molecule has 0 unspecified atom stereocenters. The van der Waals surface area contributed by atoms with Crippen molar-refractivity contribution >= 4 is 11.5 Å². The summed E-state index contributed by atoms with van der Waals surface area (Å²) in [5.74, 6) is 0.448. The van der Waals surface area contributed by atoms with E-state index in [1.54, 1.807) is 13.2 Å². The van der Waals surface area contributed by atoms with Gasteiger partial charge >= 0.3 is 0 Å². The van der Waals surface area contributed by atoms with Gasteiger partial charge in [-0.2, -0.15) is 10.4 Å². The van der Waals surface area contributed by atoms with E-state index in [1.165, 1.54) is 6.20 Å². The van der Waals surface area contributed by atoms with Crippen LogP contribution < -0.4 is 5.32 Å². The van der Waals surface area contributed by atoms with Gasteiger partial charge in [-0.3, -0.25) is 0 Å². The van der Waals surface area contributed by atoms with Crippen LogP contribution in [0.5, 0.6) is 0 Å². The lowest BCUT2D eigenvalue weighted by Crippen LogP contribution is -2.01. The Kier molecular flexibility index (Phi) is 3.84. The molecule has 0 saturated heterocycles. The largest absolute Gasteiger partial charge is 0.380 e. The first kappa shape index (κ1) is 12.0. The summed E-state index contributed by atoms with van der Waals surface area (Å²) in [5.41, 5.74) is 2.31. The van der Waals surface area contributed by atoms with Gasteiger partial charge in [0, 0.05) is 18.4 Å². The average molecular weight is 240 g/mol. The van der Waals surface area contributed by atoms with E-state index in [0.29, 0.717) is 18.0 Å². The molecule has 2 aromatic rings. The summed E-state index contributed by atoms with van der Waals surface area (Å²) in [6.07, 6.45) is 1.49. The van der Waals surface area contributed by atoms with Crippen LogP contribution in [0.2, 0.25) is 0 Å². The second-order valence-corrected chi connectivity index (χ2v) is 3.62. The summed E-state index contributed by atoms with van der Waals surface area (Å²) in [6.45, 7) is 0.491. The molecule has 90 valence electrons. The second-order valence-electron chi connectivity index (χ2n) is 3.62. The number of nitriles is 1.